The Labute approximate surface area is 241 Å². The molecule has 4 aromatic rings. The Morgan fingerprint density at radius 3 is 2.59 bits per heavy atom. The summed E-state index contributed by atoms with van der Waals surface area (Å²) in [6.07, 6.45) is 2.23. The maximum atomic E-state index is 13.5. The number of anilines is 1. The number of halogens is 3. The summed E-state index contributed by atoms with van der Waals surface area (Å²) in [6, 6.07) is 14.2. The highest BCUT2D eigenvalue weighted by molar-refractivity contribution is 9.10. The molecule has 4 rings (SSSR count). The first-order valence-corrected chi connectivity index (χ1v) is 13.6. The fourth-order valence-corrected chi connectivity index (χ4v) is 4.57. The molecule has 1 amide bonds. The van der Waals surface area contributed by atoms with Crippen molar-refractivity contribution < 1.29 is 18.7 Å². The van der Waals surface area contributed by atoms with Crippen LogP contribution in [0.2, 0.25) is 0 Å². The Bertz CT molecular complexity index is 1610. The van der Waals surface area contributed by atoms with Crippen LogP contribution in [-0.2, 0) is 4.79 Å². The van der Waals surface area contributed by atoms with Gasteiger partial charge in [-0.05, 0) is 61.0 Å². The lowest BCUT2D eigenvalue weighted by molar-refractivity contribution is -0.118. The number of hydrogen-bond acceptors (Lipinski definition) is 6. The highest BCUT2D eigenvalue weighted by Gasteiger charge is 2.17. The zero-order valence-corrected chi connectivity index (χ0v) is 24.5. The molecule has 0 bridgehead atoms. The summed E-state index contributed by atoms with van der Waals surface area (Å²) in [7, 11) is 1.48. The molecular formula is C28H25Br2FN4O4. The van der Waals surface area contributed by atoms with Crippen molar-refractivity contribution in [3.63, 3.8) is 0 Å². The molecule has 0 aliphatic carbocycles. The largest absolute Gasteiger partial charge is 0.493 e. The van der Waals surface area contributed by atoms with E-state index in [1.54, 1.807) is 24.3 Å². The average Bonchev–Trinajstić information content (AvgIpc) is 2.92. The number of methoxy groups -OCH3 is 1. The van der Waals surface area contributed by atoms with E-state index >= 15 is 0 Å². The molecule has 0 spiro atoms. The SMILES string of the molecule is CC[C@H](C)c1nc2ccc(Br)cc2c(=O)n1N=Cc1cc(Br)cc(OC)c1OCC(=O)Nc1ccc(F)cc1. The van der Waals surface area contributed by atoms with Gasteiger partial charge in [0.25, 0.3) is 11.5 Å². The number of amides is 1. The molecule has 3 aromatic carbocycles. The first kappa shape index (κ1) is 28.4. The van der Waals surface area contributed by atoms with Gasteiger partial charge in [-0.2, -0.15) is 9.78 Å². The van der Waals surface area contributed by atoms with Gasteiger partial charge in [-0.1, -0.05) is 45.7 Å². The van der Waals surface area contributed by atoms with Gasteiger partial charge in [0.05, 0.1) is 24.2 Å². The topological polar surface area (TPSA) is 94.8 Å². The number of aromatic nitrogens is 2. The molecule has 0 aliphatic heterocycles. The summed E-state index contributed by atoms with van der Waals surface area (Å²) in [5.41, 5.74) is 1.18. The van der Waals surface area contributed by atoms with Crippen LogP contribution < -0.4 is 20.3 Å². The van der Waals surface area contributed by atoms with Gasteiger partial charge in [-0.3, -0.25) is 9.59 Å². The Morgan fingerprint density at radius 2 is 1.90 bits per heavy atom. The maximum absolute atomic E-state index is 13.5. The molecule has 0 unspecified atom stereocenters. The van der Waals surface area contributed by atoms with Crippen molar-refractivity contribution in [2.24, 2.45) is 5.10 Å². The van der Waals surface area contributed by atoms with Crippen LogP contribution in [0.1, 0.15) is 37.6 Å². The summed E-state index contributed by atoms with van der Waals surface area (Å²) in [5, 5.41) is 7.59. The summed E-state index contributed by atoms with van der Waals surface area (Å²) >= 11 is 6.87. The van der Waals surface area contributed by atoms with Crippen LogP contribution in [-0.4, -0.2) is 35.5 Å². The van der Waals surface area contributed by atoms with Gasteiger partial charge in [0.15, 0.2) is 18.1 Å². The molecule has 1 heterocycles. The molecule has 0 aliphatic rings. The van der Waals surface area contributed by atoms with Crippen LogP contribution in [0.5, 0.6) is 11.5 Å². The third-order valence-corrected chi connectivity index (χ3v) is 6.89. The van der Waals surface area contributed by atoms with Crippen LogP contribution in [0.25, 0.3) is 10.9 Å². The zero-order valence-electron chi connectivity index (χ0n) is 21.4. The molecule has 1 N–H and O–H groups in total. The molecule has 0 saturated carbocycles. The highest BCUT2D eigenvalue weighted by atomic mass is 79.9. The van der Waals surface area contributed by atoms with Gasteiger partial charge < -0.3 is 14.8 Å². The minimum atomic E-state index is -0.450. The van der Waals surface area contributed by atoms with Crippen molar-refractivity contribution in [3.8, 4) is 11.5 Å². The molecule has 202 valence electrons. The monoisotopic (exact) mass is 658 g/mol. The highest BCUT2D eigenvalue weighted by Crippen LogP contribution is 2.34. The number of nitrogens with one attached hydrogen (secondary N) is 1. The van der Waals surface area contributed by atoms with Crippen molar-refractivity contribution in [3.05, 3.63) is 91.1 Å². The van der Waals surface area contributed by atoms with Crippen LogP contribution in [0.3, 0.4) is 0 Å². The number of nitrogens with zero attached hydrogens (tertiary/aromatic N) is 3. The van der Waals surface area contributed by atoms with Crippen molar-refractivity contribution in [1.29, 1.82) is 0 Å². The number of carbonyl (C=O) groups excluding carboxylic acids is 1. The van der Waals surface area contributed by atoms with E-state index in [0.29, 0.717) is 38.2 Å². The van der Waals surface area contributed by atoms with E-state index in [1.807, 2.05) is 19.9 Å². The lowest BCUT2D eigenvalue weighted by Gasteiger charge is -2.15. The van der Waals surface area contributed by atoms with Crippen LogP contribution in [0.15, 0.2) is 73.4 Å². The van der Waals surface area contributed by atoms with Crippen molar-refractivity contribution >= 4 is 60.6 Å². The van der Waals surface area contributed by atoms with E-state index in [9.17, 15) is 14.0 Å². The number of ether oxygens (including phenoxy) is 2. The van der Waals surface area contributed by atoms with Gasteiger partial charge in [-0.25, -0.2) is 9.37 Å². The second kappa shape index (κ2) is 12.5. The van der Waals surface area contributed by atoms with E-state index in [-0.39, 0.29) is 23.8 Å². The van der Waals surface area contributed by atoms with E-state index in [2.05, 4.69) is 42.3 Å². The van der Waals surface area contributed by atoms with Crippen molar-refractivity contribution in [2.45, 2.75) is 26.2 Å². The molecule has 1 aromatic heterocycles. The lowest BCUT2D eigenvalue weighted by atomic mass is 10.1. The number of hydrogen-bond donors (Lipinski definition) is 1. The minimum absolute atomic E-state index is 0.0363. The van der Waals surface area contributed by atoms with Gasteiger partial charge >= 0.3 is 0 Å². The molecule has 0 radical (unpaired) electrons. The van der Waals surface area contributed by atoms with Gasteiger partial charge in [0.2, 0.25) is 0 Å². The fraction of sp³-hybridized carbons (Fsp3) is 0.214. The standard InChI is InChI=1S/C28H25Br2FN4O4/c1-4-16(2)27-34-23-10-5-18(29)12-22(23)28(37)35(27)32-14-17-11-19(30)13-24(38-3)26(17)39-15-25(36)33-21-8-6-20(31)7-9-21/h5-14,16H,4,15H2,1-3H3,(H,33,36)/t16-/m0/s1. The number of benzene rings is 3. The zero-order chi connectivity index (χ0) is 28.1. The Morgan fingerprint density at radius 1 is 1.15 bits per heavy atom. The summed E-state index contributed by atoms with van der Waals surface area (Å²) in [4.78, 5) is 30.7. The number of rotatable bonds is 9. The lowest BCUT2D eigenvalue weighted by Crippen LogP contribution is -2.24. The van der Waals surface area contributed by atoms with Crippen LogP contribution in [0.4, 0.5) is 10.1 Å². The molecule has 0 fully saturated rings. The fourth-order valence-electron chi connectivity index (χ4n) is 3.76. The first-order chi connectivity index (χ1) is 18.7. The second-order valence-corrected chi connectivity index (χ2v) is 10.5. The number of carbonyl (C=O) groups is 1. The maximum Gasteiger partial charge on any atom is 0.282 e. The molecule has 11 heteroatoms. The first-order valence-electron chi connectivity index (χ1n) is 12.0. The Kier molecular flexibility index (Phi) is 9.13. The van der Waals surface area contributed by atoms with Gasteiger partial charge in [-0.15, -0.1) is 0 Å². The van der Waals surface area contributed by atoms with E-state index in [4.69, 9.17) is 14.5 Å². The predicted octanol–water partition coefficient (Wildman–Crippen LogP) is 6.48. The molecule has 39 heavy (non-hydrogen) atoms. The third-order valence-electron chi connectivity index (χ3n) is 5.94. The normalized spacial score (nSPS) is 12.1. The van der Waals surface area contributed by atoms with Crippen molar-refractivity contribution in [1.82, 2.24) is 9.66 Å². The van der Waals surface area contributed by atoms with Gasteiger partial charge in [0, 0.05) is 26.1 Å². The van der Waals surface area contributed by atoms with Crippen LogP contribution >= 0.6 is 31.9 Å². The Hall–Kier alpha value is -3.57. The Balaban J connectivity index is 1.70. The smallest absolute Gasteiger partial charge is 0.282 e. The van der Waals surface area contributed by atoms with Crippen LogP contribution in [0, 0.1) is 5.82 Å². The summed E-state index contributed by atoms with van der Waals surface area (Å²) in [5.74, 6) is 0.248. The molecule has 8 nitrogen and oxygen atoms in total. The molecule has 1 atom stereocenters. The average molecular weight is 660 g/mol. The minimum Gasteiger partial charge on any atom is -0.493 e. The van der Waals surface area contributed by atoms with E-state index in [0.717, 1.165) is 10.9 Å². The van der Waals surface area contributed by atoms with E-state index < -0.39 is 11.7 Å². The van der Waals surface area contributed by atoms with Gasteiger partial charge in [0.1, 0.15) is 11.6 Å². The second-order valence-electron chi connectivity index (χ2n) is 8.67. The number of fused-ring (bicyclic) bond motifs is 1. The van der Waals surface area contributed by atoms with E-state index in [1.165, 1.54) is 42.3 Å². The van der Waals surface area contributed by atoms with Crippen molar-refractivity contribution in [2.75, 3.05) is 19.0 Å². The predicted molar refractivity (Wildman–Crippen MR) is 157 cm³/mol. The third kappa shape index (κ3) is 6.72. The summed E-state index contributed by atoms with van der Waals surface area (Å²) in [6.45, 7) is 3.65. The molecule has 0 saturated heterocycles. The summed E-state index contributed by atoms with van der Waals surface area (Å²) < 4.78 is 27.2. The molecular weight excluding hydrogens is 635 g/mol. The quantitative estimate of drug-likeness (QED) is 0.208.